The molecule has 0 fully saturated rings. The molecule has 0 radical (unpaired) electrons. The van der Waals surface area contributed by atoms with Crippen LogP contribution in [0.1, 0.15) is 13.8 Å². The Labute approximate surface area is 104 Å². The van der Waals surface area contributed by atoms with Gasteiger partial charge in [0.15, 0.2) is 0 Å². The van der Waals surface area contributed by atoms with Gasteiger partial charge in [0.25, 0.3) is 0 Å². The predicted molar refractivity (Wildman–Crippen MR) is 64.8 cm³/mol. The third kappa shape index (κ3) is 3.73. The van der Waals surface area contributed by atoms with Crippen LogP contribution in [-0.4, -0.2) is 23.1 Å². The van der Waals surface area contributed by atoms with E-state index in [1.54, 1.807) is 19.9 Å². The molecule has 0 aliphatic rings. The average molecular weight is 254 g/mol. The molecule has 2 amide bonds. The second-order valence-corrected chi connectivity index (χ2v) is 4.14. The van der Waals surface area contributed by atoms with Crippen LogP contribution in [0.25, 0.3) is 0 Å². The zero-order valence-corrected chi connectivity index (χ0v) is 10.1. The number of carbonyl (C=O) groups excluding carboxylic acids is 1. The highest BCUT2D eigenvalue weighted by atomic mass is 19.1. The largest absolute Gasteiger partial charge is 0.480 e. The van der Waals surface area contributed by atoms with Crippen LogP contribution in [0.15, 0.2) is 24.3 Å². The molecule has 0 spiro atoms. The van der Waals surface area contributed by atoms with E-state index in [9.17, 15) is 14.0 Å². The third-order valence-electron chi connectivity index (χ3n) is 2.34. The van der Waals surface area contributed by atoms with Gasteiger partial charge in [-0.15, -0.1) is 0 Å². The van der Waals surface area contributed by atoms with Gasteiger partial charge in [-0.25, -0.2) is 14.0 Å². The first kappa shape index (κ1) is 14.0. The number of amides is 2. The highest BCUT2D eigenvalue weighted by Gasteiger charge is 2.23. The van der Waals surface area contributed by atoms with Gasteiger partial charge in [-0.2, -0.15) is 0 Å². The molecule has 0 aliphatic carbocycles. The van der Waals surface area contributed by atoms with Crippen LogP contribution < -0.4 is 10.6 Å². The molecule has 0 saturated carbocycles. The van der Waals surface area contributed by atoms with Crippen molar-refractivity contribution >= 4 is 17.7 Å². The normalized spacial score (nSPS) is 12.0. The Kier molecular flexibility index (Phi) is 4.65. The molecule has 3 N–H and O–H groups in total. The Morgan fingerprint density at radius 1 is 1.28 bits per heavy atom. The lowest BCUT2D eigenvalue weighted by Gasteiger charge is -2.18. The van der Waals surface area contributed by atoms with Crippen LogP contribution >= 0.6 is 0 Å². The van der Waals surface area contributed by atoms with E-state index in [2.05, 4.69) is 10.6 Å². The molecule has 6 heteroatoms. The number of rotatable bonds is 4. The Morgan fingerprint density at radius 3 is 2.39 bits per heavy atom. The second-order valence-electron chi connectivity index (χ2n) is 4.14. The maximum atomic E-state index is 13.2. The number of aliphatic carboxylic acids is 1. The fourth-order valence-electron chi connectivity index (χ4n) is 1.38. The van der Waals surface area contributed by atoms with Crippen molar-refractivity contribution in [3.63, 3.8) is 0 Å². The second kappa shape index (κ2) is 6.00. The Morgan fingerprint density at radius 2 is 1.89 bits per heavy atom. The van der Waals surface area contributed by atoms with E-state index in [1.807, 2.05) is 0 Å². The van der Waals surface area contributed by atoms with E-state index < -0.39 is 23.9 Å². The van der Waals surface area contributed by atoms with Gasteiger partial charge in [-0.05, 0) is 18.1 Å². The topological polar surface area (TPSA) is 78.4 Å². The first-order valence-corrected chi connectivity index (χ1v) is 5.46. The van der Waals surface area contributed by atoms with Crippen LogP contribution in [0.4, 0.5) is 14.9 Å². The van der Waals surface area contributed by atoms with Crippen LogP contribution in [0.2, 0.25) is 0 Å². The molecular formula is C12H15FN2O3. The smallest absolute Gasteiger partial charge is 0.326 e. The Bertz CT molecular complexity index is 449. The summed E-state index contributed by atoms with van der Waals surface area (Å²) in [6.07, 6.45) is 0. The summed E-state index contributed by atoms with van der Waals surface area (Å²) in [7, 11) is 0. The minimum absolute atomic E-state index is 0.00268. The summed E-state index contributed by atoms with van der Waals surface area (Å²) >= 11 is 0. The number of benzene rings is 1. The van der Waals surface area contributed by atoms with Gasteiger partial charge in [-0.1, -0.05) is 26.0 Å². The Balaban J connectivity index is 2.67. The Hall–Kier alpha value is -2.11. The van der Waals surface area contributed by atoms with Gasteiger partial charge in [0, 0.05) is 0 Å². The third-order valence-corrected chi connectivity index (χ3v) is 2.34. The lowest BCUT2D eigenvalue weighted by molar-refractivity contribution is -0.140. The quantitative estimate of drug-likeness (QED) is 0.769. The van der Waals surface area contributed by atoms with Gasteiger partial charge in [-0.3, -0.25) is 0 Å². The van der Waals surface area contributed by atoms with E-state index in [-0.39, 0.29) is 11.6 Å². The lowest BCUT2D eigenvalue weighted by atomic mass is 10.1. The lowest BCUT2D eigenvalue weighted by Crippen LogP contribution is -2.46. The van der Waals surface area contributed by atoms with Crippen LogP contribution in [0, 0.1) is 11.7 Å². The SMILES string of the molecule is CC(C)[C@H](NC(=O)Nc1ccccc1F)C(=O)O. The zero-order valence-electron chi connectivity index (χ0n) is 10.1. The summed E-state index contributed by atoms with van der Waals surface area (Å²) in [6.45, 7) is 3.34. The van der Waals surface area contributed by atoms with Crippen molar-refractivity contribution in [2.24, 2.45) is 5.92 Å². The summed E-state index contributed by atoms with van der Waals surface area (Å²) in [4.78, 5) is 22.4. The fourth-order valence-corrected chi connectivity index (χ4v) is 1.38. The number of nitrogens with one attached hydrogen (secondary N) is 2. The molecule has 0 aliphatic heterocycles. The minimum atomic E-state index is -1.13. The van der Waals surface area contributed by atoms with Crippen molar-refractivity contribution in [1.82, 2.24) is 5.32 Å². The fraction of sp³-hybridized carbons (Fsp3) is 0.333. The first-order valence-electron chi connectivity index (χ1n) is 5.46. The molecule has 5 nitrogen and oxygen atoms in total. The highest BCUT2D eigenvalue weighted by molar-refractivity contribution is 5.92. The predicted octanol–water partition coefficient (Wildman–Crippen LogP) is 2.06. The monoisotopic (exact) mass is 254 g/mol. The van der Waals surface area contributed by atoms with Crippen molar-refractivity contribution < 1.29 is 19.1 Å². The molecule has 1 atom stereocenters. The molecule has 1 aromatic rings. The van der Waals surface area contributed by atoms with E-state index in [1.165, 1.54) is 18.2 Å². The van der Waals surface area contributed by atoms with Crippen LogP contribution in [0.5, 0.6) is 0 Å². The number of carbonyl (C=O) groups is 2. The van der Waals surface area contributed by atoms with E-state index in [0.29, 0.717) is 0 Å². The molecule has 18 heavy (non-hydrogen) atoms. The minimum Gasteiger partial charge on any atom is -0.480 e. The van der Waals surface area contributed by atoms with Gasteiger partial charge in [0.2, 0.25) is 0 Å². The van der Waals surface area contributed by atoms with Crippen LogP contribution in [0.3, 0.4) is 0 Å². The number of anilines is 1. The standard InChI is InChI=1S/C12H15FN2O3/c1-7(2)10(11(16)17)15-12(18)14-9-6-4-3-5-8(9)13/h3-7,10H,1-2H3,(H,16,17)(H2,14,15,18)/t10-/m0/s1. The summed E-state index contributed by atoms with van der Waals surface area (Å²) in [5.41, 5.74) is 0.00268. The summed E-state index contributed by atoms with van der Waals surface area (Å²) < 4.78 is 13.2. The van der Waals surface area contributed by atoms with E-state index >= 15 is 0 Å². The van der Waals surface area contributed by atoms with Gasteiger partial charge < -0.3 is 15.7 Å². The number of para-hydroxylation sites is 1. The molecule has 0 aromatic heterocycles. The summed E-state index contributed by atoms with van der Waals surface area (Å²) in [5.74, 6) is -1.98. The molecule has 0 bridgehead atoms. The van der Waals surface area contributed by atoms with Crippen molar-refractivity contribution in [2.75, 3.05) is 5.32 Å². The van der Waals surface area contributed by atoms with Gasteiger partial charge >= 0.3 is 12.0 Å². The molecular weight excluding hydrogens is 239 g/mol. The maximum Gasteiger partial charge on any atom is 0.326 e. The molecule has 98 valence electrons. The number of carboxylic acids is 1. The maximum absolute atomic E-state index is 13.2. The average Bonchev–Trinajstić information content (AvgIpc) is 2.28. The van der Waals surface area contributed by atoms with E-state index in [0.717, 1.165) is 0 Å². The first-order chi connectivity index (χ1) is 8.41. The van der Waals surface area contributed by atoms with Crippen molar-refractivity contribution in [2.45, 2.75) is 19.9 Å². The number of hydrogen-bond donors (Lipinski definition) is 3. The molecule has 0 unspecified atom stereocenters. The summed E-state index contributed by atoms with van der Waals surface area (Å²) in [5, 5.41) is 13.4. The number of hydrogen-bond acceptors (Lipinski definition) is 2. The van der Waals surface area contributed by atoms with Crippen molar-refractivity contribution in [3.8, 4) is 0 Å². The molecule has 0 saturated heterocycles. The number of halogens is 1. The van der Waals surface area contributed by atoms with Crippen LogP contribution in [-0.2, 0) is 4.79 Å². The van der Waals surface area contributed by atoms with Gasteiger partial charge in [0.05, 0.1) is 5.69 Å². The highest BCUT2D eigenvalue weighted by Crippen LogP contribution is 2.12. The molecule has 0 heterocycles. The van der Waals surface area contributed by atoms with E-state index in [4.69, 9.17) is 5.11 Å². The zero-order chi connectivity index (χ0) is 13.7. The molecule has 1 aromatic carbocycles. The summed E-state index contributed by atoms with van der Waals surface area (Å²) in [6, 6.07) is 3.88. The van der Waals surface area contributed by atoms with Crippen molar-refractivity contribution in [1.29, 1.82) is 0 Å². The number of carboxylic acid groups (broad SMARTS) is 1. The molecule has 1 rings (SSSR count). The van der Waals surface area contributed by atoms with Crippen molar-refractivity contribution in [3.05, 3.63) is 30.1 Å². The van der Waals surface area contributed by atoms with Gasteiger partial charge in [0.1, 0.15) is 11.9 Å². The number of urea groups is 1.